The van der Waals surface area contributed by atoms with E-state index in [0.29, 0.717) is 5.95 Å². The highest BCUT2D eigenvalue weighted by Gasteiger charge is 2.07. The Morgan fingerprint density at radius 1 is 0.818 bits per heavy atom. The Labute approximate surface area is 128 Å². The van der Waals surface area contributed by atoms with Crippen molar-refractivity contribution in [2.75, 3.05) is 16.8 Å². The van der Waals surface area contributed by atoms with Crippen molar-refractivity contribution in [3.63, 3.8) is 0 Å². The number of nitrogen functional groups attached to an aromatic ring is 2. The minimum absolute atomic E-state index is 0.0859. The first-order chi connectivity index (χ1) is 10.6. The molecule has 0 aliphatic rings. The fourth-order valence-electron chi connectivity index (χ4n) is 2.16. The van der Waals surface area contributed by atoms with E-state index in [2.05, 4.69) is 51.5 Å². The quantitative estimate of drug-likeness (QED) is 0.686. The first kappa shape index (κ1) is 13.8. The number of para-hydroxylation sites is 1. The molecule has 0 spiro atoms. The molecule has 1 aromatic heterocycles. The molecule has 0 aliphatic carbocycles. The first-order valence-corrected chi connectivity index (χ1v) is 6.82. The van der Waals surface area contributed by atoms with Crippen LogP contribution in [0.15, 0.2) is 48.5 Å². The predicted molar refractivity (Wildman–Crippen MR) is 88.5 cm³/mol. The maximum atomic E-state index is 5.60. The van der Waals surface area contributed by atoms with Crippen molar-refractivity contribution in [1.29, 1.82) is 0 Å². The van der Waals surface area contributed by atoms with Crippen LogP contribution in [0.3, 0.4) is 0 Å². The van der Waals surface area contributed by atoms with Gasteiger partial charge in [-0.15, -0.1) is 0 Å². The van der Waals surface area contributed by atoms with Gasteiger partial charge in [0.1, 0.15) is 0 Å². The number of nitrogens with zero attached hydrogens (tertiary/aromatic N) is 3. The monoisotopic (exact) mass is 292 g/mol. The number of aromatic nitrogens is 3. The second kappa shape index (κ2) is 5.69. The van der Waals surface area contributed by atoms with Crippen LogP contribution < -0.4 is 16.8 Å². The molecule has 22 heavy (non-hydrogen) atoms. The normalized spacial score (nSPS) is 10.4. The summed E-state index contributed by atoms with van der Waals surface area (Å²) in [6.07, 6.45) is 0. The molecule has 0 unspecified atom stereocenters. The van der Waals surface area contributed by atoms with Crippen molar-refractivity contribution in [3.8, 4) is 11.1 Å². The maximum Gasteiger partial charge on any atom is 0.233 e. The van der Waals surface area contributed by atoms with Gasteiger partial charge in [0, 0.05) is 11.3 Å². The van der Waals surface area contributed by atoms with E-state index in [-0.39, 0.29) is 11.9 Å². The van der Waals surface area contributed by atoms with Crippen molar-refractivity contribution in [2.24, 2.45) is 0 Å². The summed E-state index contributed by atoms with van der Waals surface area (Å²) in [4.78, 5) is 11.8. The number of benzene rings is 2. The third-order valence-electron chi connectivity index (χ3n) is 3.21. The van der Waals surface area contributed by atoms with Gasteiger partial charge < -0.3 is 16.8 Å². The Kier molecular flexibility index (Phi) is 3.57. The van der Waals surface area contributed by atoms with Gasteiger partial charge in [-0.2, -0.15) is 15.0 Å². The molecule has 0 saturated carbocycles. The van der Waals surface area contributed by atoms with Gasteiger partial charge >= 0.3 is 0 Å². The third kappa shape index (κ3) is 2.95. The number of hydrogen-bond donors (Lipinski definition) is 3. The van der Waals surface area contributed by atoms with E-state index in [1.807, 2.05) is 24.3 Å². The molecule has 0 radical (unpaired) electrons. The lowest BCUT2D eigenvalue weighted by Crippen LogP contribution is -2.06. The van der Waals surface area contributed by atoms with Gasteiger partial charge in [-0.25, -0.2) is 0 Å². The minimum atomic E-state index is 0.0859. The van der Waals surface area contributed by atoms with Crippen molar-refractivity contribution < 1.29 is 0 Å². The van der Waals surface area contributed by atoms with Gasteiger partial charge in [0.15, 0.2) is 0 Å². The zero-order valence-electron chi connectivity index (χ0n) is 12.1. The molecule has 6 nitrogen and oxygen atoms in total. The molecular formula is C16H16N6. The Bertz CT molecular complexity index is 778. The lowest BCUT2D eigenvalue weighted by atomic mass is 10.0. The van der Waals surface area contributed by atoms with Crippen LogP contribution in [0.5, 0.6) is 0 Å². The van der Waals surface area contributed by atoms with Crippen molar-refractivity contribution in [2.45, 2.75) is 6.92 Å². The average molecular weight is 292 g/mol. The Balaban J connectivity index is 1.99. The molecule has 6 heteroatoms. The van der Waals surface area contributed by atoms with Crippen LogP contribution in [-0.4, -0.2) is 15.0 Å². The van der Waals surface area contributed by atoms with Gasteiger partial charge in [0.25, 0.3) is 0 Å². The summed E-state index contributed by atoms with van der Waals surface area (Å²) in [7, 11) is 0. The van der Waals surface area contributed by atoms with Crippen LogP contribution in [0.25, 0.3) is 11.1 Å². The van der Waals surface area contributed by atoms with Gasteiger partial charge in [-0.05, 0) is 18.6 Å². The molecule has 0 amide bonds. The fourth-order valence-corrected chi connectivity index (χ4v) is 2.16. The molecule has 2 aromatic carbocycles. The molecule has 0 saturated heterocycles. The van der Waals surface area contributed by atoms with E-state index in [0.717, 1.165) is 16.8 Å². The molecule has 5 N–H and O–H groups in total. The number of anilines is 4. The Morgan fingerprint density at radius 3 is 2.14 bits per heavy atom. The van der Waals surface area contributed by atoms with Crippen molar-refractivity contribution in [1.82, 2.24) is 15.0 Å². The van der Waals surface area contributed by atoms with Crippen molar-refractivity contribution >= 4 is 23.5 Å². The van der Waals surface area contributed by atoms with Crippen LogP contribution in [0.4, 0.5) is 23.5 Å². The Hall–Kier alpha value is -3.15. The smallest absolute Gasteiger partial charge is 0.233 e. The summed E-state index contributed by atoms with van der Waals surface area (Å²) in [5.41, 5.74) is 15.4. The lowest BCUT2D eigenvalue weighted by Gasteiger charge is -2.11. The number of nitrogens with one attached hydrogen (secondary N) is 1. The summed E-state index contributed by atoms with van der Waals surface area (Å²) in [5, 5.41) is 3.15. The summed E-state index contributed by atoms with van der Waals surface area (Å²) in [6, 6.07) is 16.2. The first-order valence-electron chi connectivity index (χ1n) is 6.82. The number of nitrogens with two attached hydrogens (primary N) is 2. The molecule has 3 aromatic rings. The third-order valence-corrected chi connectivity index (χ3v) is 3.21. The highest BCUT2D eigenvalue weighted by molar-refractivity contribution is 5.80. The molecule has 1 heterocycles. The van der Waals surface area contributed by atoms with E-state index in [1.54, 1.807) is 0 Å². The molecule has 0 atom stereocenters. The topological polar surface area (TPSA) is 103 Å². The summed E-state index contributed by atoms with van der Waals surface area (Å²) in [5.74, 6) is 0.496. The maximum absolute atomic E-state index is 5.60. The van der Waals surface area contributed by atoms with Crippen LogP contribution in [0.1, 0.15) is 5.56 Å². The SMILES string of the molecule is Cc1ccc(-c2ccccc2Nc2nc(N)nc(N)n2)cc1. The van der Waals surface area contributed by atoms with E-state index in [9.17, 15) is 0 Å². The van der Waals surface area contributed by atoms with Crippen LogP contribution >= 0.6 is 0 Å². The molecule has 0 aliphatic heterocycles. The second-order valence-electron chi connectivity index (χ2n) is 4.91. The van der Waals surface area contributed by atoms with Gasteiger partial charge in [0.05, 0.1) is 0 Å². The summed E-state index contributed by atoms with van der Waals surface area (Å²) in [6.45, 7) is 2.06. The highest BCUT2D eigenvalue weighted by atomic mass is 15.2. The number of hydrogen-bond acceptors (Lipinski definition) is 6. The van der Waals surface area contributed by atoms with E-state index in [4.69, 9.17) is 11.5 Å². The van der Waals surface area contributed by atoms with Crippen LogP contribution in [-0.2, 0) is 0 Å². The highest BCUT2D eigenvalue weighted by Crippen LogP contribution is 2.29. The molecular weight excluding hydrogens is 276 g/mol. The van der Waals surface area contributed by atoms with E-state index < -0.39 is 0 Å². The zero-order chi connectivity index (χ0) is 15.5. The van der Waals surface area contributed by atoms with Crippen molar-refractivity contribution in [3.05, 3.63) is 54.1 Å². The largest absolute Gasteiger partial charge is 0.368 e. The average Bonchev–Trinajstić information content (AvgIpc) is 2.48. The minimum Gasteiger partial charge on any atom is -0.368 e. The fraction of sp³-hybridized carbons (Fsp3) is 0.0625. The van der Waals surface area contributed by atoms with E-state index in [1.165, 1.54) is 5.56 Å². The summed E-state index contributed by atoms with van der Waals surface area (Å²) >= 11 is 0. The van der Waals surface area contributed by atoms with Crippen LogP contribution in [0, 0.1) is 6.92 Å². The number of rotatable bonds is 3. The Morgan fingerprint density at radius 2 is 1.45 bits per heavy atom. The van der Waals surface area contributed by atoms with E-state index >= 15 is 0 Å². The molecule has 3 rings (SSSR count). The van der Waals surface area contributed by atoms with Gasteiger partial charge in [0.2, 0.25) is 17.8 Å². The number of aryl methyl sites for hydroxylation is 1. The summed E-state index contributed by atoms with van der Waals surface area (Å²) < 4.78 is 0. The standard InChI is InChI=1S/C16H16N6/c1-10-6-8-11(9-7-10)12-4-2-3-5-13(12)19-16-21-14(17)20-15(18)22-16/h2-9H,1H3,(H5,17,18,19,20,21,22). The zero-order valence-corrected chi connectivity index (χ0v) is 12.1. The van der Waals surface area contributed by atoms with Gasteiger partial charge in [-0.1, -0.05) is 48.0 Å². The van der Waals surface area contributed by atoms with Gasteiger partial charge in [-0.3, -0.25) is 0 Å². The molecule has 0 bridgehead atoms. The van der Waals surface area contributed by atoms with Crippen LogP contribution in [0.2, 0.25) is 0 Å². The second-order valence-corrected chi connectivity index (χ2v) is 4.91. The predicted octanol–water partition coefficient (Wildman–Crippen LogP) is 2.76. The molecule has 0 fully saturated rings. The lowest BCUT2D eigenvalue weighted by molar-refractivity contribution is 1.08. The molecule has 110 valence electrons.